The molecular formula is C13H21N3O2. The van der Waals surface area contributed by atoms with Crippen LogP contribution < -0.4 is 21.1 Å². The molecule has 1 aromatic rings. The third kappa shape index (κ3) is 4.25. The summed E-state index contributed by atoms with van der Waals surface area (Å²) in [5, 5.41) is 5.99. The maximum atomic E-state index is 11.5. The van der Waals surface area contributed by atoms with Crippen LogP contribution >= 0.6 is 0 Å². The normalized spacial score (nSPS) is 11.7. The Morgan fingerprint density at radius 2 is 2.17 bits per heavy atom. The molecule has 0 spiro atoms. The molecule has 0 aliphatic rings. The van der Waals surface area contributed by atoms with Crippen LogP contribution in [-0.4, -0.2) is 32.1 Å². The van der Waals surface area contributed by atoms with Gasteiger partial charge >= 0.3 is 0 Å². The lowest BCUT2D eigenvalue weighted by Crippen LogP contribution is -2.35. The highest BCUT2D eigenvalue weighted by Crippen LogP contribution is 2.23. The highest BCUT2D eigenvalue weighted by molar-refractivity contribution is 5.77. The Labute approximate surface area is 108 Å². The quantitative estimate of drug-likeness (QED) is 0.674. The van der Waals surface area contributed by atoms with E-state index in [4.69, 9.17) is 10.5 Å². The summed E-state index contributed by atoms with van der Waals surface area (Å²) in [4.78, 5) is 11.5. The zero-order valence-corrected chi connectivity index (χ0v) is 10.9. The number of carbonyl (C=O) groups excluding carboxylic acids is 1. The SMILES string of the molecule is CCNC(=O)CC(CN)Nc1ccccc1OC. The Morgan fingerprint density at radius 3 is 2.78 bits per heavy atom. The summed E-state index contributed by atoms with van der Waals surface area (Å²) in [5.74, 6) is 0.738. The number of rotatable bonds is 7. The van der Waals surface area contributed by atoms with E-state index in [1.807, 2.05) is 31.2 Å². The molecule has 1 unspecified atom stereocenters. The first-order valence-corrected chi connectivity index (χ1v) is 6.07. The summed E-state index contributed by atoms with van der Waals surface area (Å²) in [6.07, 6.45) is 0.350. The summed E-state index contributed by atoms with van der Waals surface area (Å²) < 4.78 is 5.24. The lowest BCUT2D eigenvalue weighted by molar-refractivity contribution is -0.121. The molecule has 1 aromatic carbocycles. The second kappa shape index (κ2) is 7.55. The zero-order chi connectivity index (χ0) is 13.4. The number of hydrogen-bond acceptors (Lipinski definition) is 4. The maximum Gasteiger partial charge on any atom is 0.222 e. The first-order valence-electron chi connectivity index (χ1n) is 6.07. The fraction of sp³-hybridized carbons (Fsp3) is 0.462. The average molecular weight is 251 g/mol. The predicted octanol–water partition coefficient (Wildman–Crippen LogP) is 0.961. The smallest absolute Gasteiger partial charge is 0.222 e. The van der Waals surface area contributed by atoms with E-state index in [9.17, 15) is 4.79 Å². The number of anilines is 1. The molecular weight excluding hydrogens is 230 g/mol. The van der Waals surface area contributed by atoms with Crippen molar-refractivity contribution >= 4 is 11.6 Å². The number of para-hydroxylation sites is 2. The number of carbonyl (C=O) groups is 1. The minimum Gasteiger partial charge on any atom is -0.495 e. The molecule has 0 aliphatic carbocycles. The Kier molecular flexibility index (Phi) is 6.00. The van der Waals surface area contributed by atoms with Crippen molar-refractivity contribution in [3.63, 3.8) is 0 Å². The number of hydrogen-bond donors (Lipinski definition) is 3. The number of nitrogens with one attached hydrogen (secondary N) is 2. The lowest BCUT2D eigenvalue weighted by atomic mass is 10.1. The van der Waals surface area contributed by atoms with Crippen LogP contribution in [0.3, 0.4) is 0 Å². The molecule has 100 valence electrons. The first-order chi connectivity index (χ1) is 8.71. The third-order valence-corrected chi connectivity index (χ3v) is 2.56. The minimum absolute atomic E-state index is 0.00431. The van der Waals surface area contributed by atoms with Gasteiger partial charge in [-0.15, -0.1) is 0 Å². The van der Waals surface area contributed by atoms with Crippen LogP contribution in [0.4, 0.5) is 5.69 Å². The van der Waals surface area contributed by atoms with Gasteiger partial charge in [0, 0.05) is 25.6 Å². The summed E-state index contributed by atoms with van der Waals surface area (Å²) in [6.45, 7) is 2.91. The number of nitrogens with two attached hydrogens (primary N) is 1. The van der Waals surface area contributed by atoms with Crippen molar-refractivity contribution < 1.29 is 9.53 Å². The van der Waals surface area contributed by atoms with Crippen molar-refractivity contribution in [3.05, 3.63) is 24.3 Å². The summed E-state index contributed by atoms with van der Waals surface area (Å²) in [7, 11) is 1.61. The molecule has 0 aliphatic heterocycles. The molecule has 5 heteroatoms. The molecule has 0 saturated heterocycles. The van der Waals surface area contributed by atoms with Gasteiger partial charge in [0.15, 0.2) is 0 Å². The highest BCUT2D eigenvalue weighted by Gasteiger charge is 2.13. The van der Waals surface area contributed by atoms with E-state index in [1.54, 1.807) is 7.11 Å². The molecule has 0 radical (unpaired) electrons. The number of benzene rings is 1. The van der Waals surface area contributed by atoms with Crippen molar-refractivity contribution in [2.75, 3.05) is 25.5 Å². The number of methoxy groups -OCH3 is 1. The van der Waals surface area contributed by atoms with Crippen molar-refractivity contribution in [1.82, 2.24) is 5.32 Å². The van der Waals surface area contributed by atoms with Gasteiger partial charge in [-0.2, -0.15) is 0 Å². The van der Waals surface area contributed by atoms with E-state index in [1.165, 1.54) is 0 Å². The Morgan fingerprint density at radius 1 is 1.44 bits per heavy atom. The Bertz CT molecular complexity index is 382. The monoisotopic (exact) mass is 251 g/mol. The topological polar surface area (TPSA) is 76.4 Å². The van der Waals surface area contributed by atoms with Gasteiger partial charge in [0.05, 0.1) is 12.8 Å². The Hall–Kier alpha value is -1.75. The largest absolute Gasteiger partial charge is 0.495 e. The van der Waals surface area contributed by atoms with Crippen molar-refractivity contribution in [2.24, 2.45) is 5.73 Å². The van der Waals surface area contributed by atoms with Gasteiger partial charge in [-0.05, 0) is 19.1 Å². The van der Waals surface area contributed by atoms with Gasteiger partial charge in [-0.25, -0.2) is 0 Å². The number of amides is 1. The molecule has 4 N–H and O–H groups in total. The van der Waals surface area contributed by atoms with E-state index >= 15 is 0 Å². The highest BCUT2D eigenvalue weighted by atomic mass is 16.5. The summed E-state index contributed by atoms with van der Waals surface area (Å²) >= 11 is 0. The van der Waals surface area contributed by atoms with Gasteiger partial charge in [0.1, 0.15) is 5.75 Å². The van der Waals surface area contributed by atoms with E-state index in [-0.39, 0.29) is 11.9 Å². The summed E-state index contributed by atoms with van der Waals surface area (Å²) in [6, 6.07) is 7.46. The van der Waals surface area contributed by atoms with E-state index < -0.39 is 0 Å². The van der Waals surface area contributed by atoms with E-state index in [2.05, 4.69) is 10.6 Å². The molecule has 0 heterocycles. The molecule has 1 amide bonds. The standard InChI is InChI=1S/C13H21N3O2/c1-3-15-13(17)8-10(9-14)16-11-6-4-5-7-12(11)18-2/h4-7,10,16H,3,8-9,14H2,1-2H3,(H,15,17). The molecule has 18 heavy (non-hydrogen) atoms. The van der Waals surface area contributed by atoms with Crippen LogP contribution in [0.2, 0.25) is 0 Å². The fourth-order valence-corrected chi connectivity index (χ4v) is 1.67. The maximum absolute atomic E-state index is 11.5. The van der Waals surface area contributed by atoms with Crippen LogP contribution in [0.1, 0.15) is 13.3 Å². The first kappa shape index (κ1) is 14.3. The van der Waals surface area contributed by atoms with Crippen LogP contribution in [0.5, 0.6) is 5.75 Å². The van der Waals surface area contributed by atoms with E-state index in [0.29, 0.717) is 19.5 Å². The van der Waals surface area contributed by atoms with Gasteiger partial charge in [-0.1, -0.05) is 12.1 Å². The zero-order valence-electron chi connectivity index (χ0n) is 10.9. The van der Waals surface area contributed by atoms with Crippen LogP contribution in [0.15, 0.2) is 24.3 Å². The summed E-state index contributed by atoms with van der Waals surface area (Å²) in [5.41, 5.74) is 6.52. The van der Waals surface area contributed by atoms with Crippen LogP contribution in [0.25, 0.3) is 0 Å². The molecule has 0 aromatic heterocycles. The molecule has 0 saturated carbocycles. The fourth-order valence-electron chi connectivity index (χ4n) is 1.67. The van der Waals surface area contributed by atoms with Crippen LogP contribution in [0, 0.1) is 0 Å². The van der Waals surface area contributed by atoms with Crippen molar-refractivity contribution in [2.45, 2.75) is 19.4 Å². The van der Waals surface area contributed by atoms with Gasteiger partial charge < -0.3 is 21.1 Å². The number of ether oxygens (including phenoxy) is 1. The van der Waals surface area contributed by atoms with Gasteiger partial charge in [0.25, 0.3) is 0 Å². The van der Waals surface area contributed by atoms with Crippen LogP contribution in [-0.2, 0) is 4.79 Å². The predicted molar refractivity (Wildman–Crippen MR) is 72.8 cm³/mol. The molecule has 1 rings (SSSR count). The average Bonchev–Trinajstić information content (AvgIpc) is 2.38. The lowest BCUT2D eigenvalue weighted by Gasteiger charge is -2.19. The van der Waals surface area contributed by atoms with E-state index in [0.717, 1.165) is 11.4 Å². The van der Waals surface area contributed by atoms with Gasteiger partial charge in [-0.3, -0.25) is 4.79 Å². The second-order valence-electron chi connectivity index (χ2n) is 3.93. The third-order valence-electron chi connectivity index (χ3n) is 2.56. The second-order valence-corrected chi connectivity index (χ2v) is 3.93. The molecule has 0 fully saturated rings. The minimum atomic E-state index is -0.104. The van der Waals surface area contributed by atoms with Crippen molar-refractivity contribution in [1.29, 1.82) is 0 Å². The van der Waals surface area contributed by atoms with Gasteiger partial charge in [0.2, 0.25) is 5.91 Å². The van der Waals surface area contributed by atoms with Crippen molar-refractivity contribution in [3.8, 4) is 5.75 Å². The molecule has 5 nitrogen and oxygen atoms in total. The molecule has 0 bridgehead atoms. The molecule has 1 atom stereocenters. The Balaban J connectivity index is 2.64.